The molecule has 0 radical (unpaired) electrons. The number of nitrogens with one attached hydrogen (secondary N) is 1. The molecule has 1 N–H and O–H groups in total. The van der Waals surface area contributed by atoms with Crippen molar-refractivity contribution in [2.24, 2.45) is 0 Å². The standard InChI is InChI=1S/C8H8ClF2NO/c1-4-3-12-6(8(10)11)5(2-9)7(4)13/h3,8H,2H2,1H3,(H,12,13). The van der Waals surface area contributed by atoms with Gasteiger partial charge in [0.2, 0.25) is 0 Å². The Morgan fingerprint density at radius 3 is 2.69 bits per heavy atom. The van der Waals surface area contributed by atoms with E-state index >= 15 is 0 Å². The topological polar surface area (TPSA) is 32.9 Å². The molecule has 1 aromatic heterocycles. The minimum Gasteiger partial charge on any atom is -0.360 e. The van der Waals surface area contributed by atoms with E-state index in [1.54, 1.807) is 6.92 Å². The largest absolute Gasteiger partial charge is 0.360 e. The second-order valence-corrected chi connectivity index (χ2v) is 2.89. The number of rotatable bonds is 2. The van der Waals surface area contributed by atoms with Gasteiger partial charge in [0.15, 0.2) is 5.43 Å². The number of pyridine rings is 1. The zero-order valence-electron chi connectivity index (χ0n) is 6.90. The highest BCUT2D eigenvalue weighted by Crippen LogP contribution is 2.19. The van der Waals surface area contributed by atoms with Crippen molar-refractivity contribution in [1.29, 1.82) is 0 Å². The van der Waals surface area contributed by atoms with Gasteiger partial charge in [-0.25, -0.2) is 8.78 Å². The van der Waals surface area contributed by atoms with Crippen LogP contribution in [0.4, 0.5) is 8.78 Å². The molecular formula is C8H8ClF2NO. The molecule has 0 aliphatic heterocycles. The average molecular weight is 208 g/mol. The Kier molecular flexibility index (Phi) is 3.03. The molecule has 0 amide bonds. The molecule has 0 bridgehead atoms. The third kappa shape index (κ3) is 1.88. The summed E-state index contributed by atoms with van der Waals surface area (Å²) in [6, 6.07) is 0. The molecular weight excluding hydrogens is 200 g/mol. The third-order valence-electron chi connectivity index (χ3n) is 1.75. The number of aromatic amines is 1. The van der Waals surface area contributed by atoms with Crippen molar-refractivity contribution in [2.45, 2.75) is 19.2 Å². The minimum absolute atomic E-state index is 0.0448. The Morgan fingerprint density at radius 1 is 1.62 bits per heavy atom. The molecule has 0 atom stereocenters. The summed E-state index contributed by atoms with van der Waals surface area (Å²) in [7, 11) is 0. The molecule has 0 fully saturated rings. The van der Waals surface area contributed by atoms with E-state index in [0.29, 0.717) is 5.56 Å². The van der Waals surface area contributed by atoms with Gasteiger partial charge in [0.05, 0.1) is 11.6 Å². The molecule has 0 aliphatic carbocycles. The summed E-state index contributed by atoms with van der Waals surface area (Å²) in [6.45, 7) is 1.55. The third-order valence-corrected chi connectivity index (χ3v) is 2.02. The number of hydrogen-bond acceptors (Lipinski definition) is 1. The van der Waals surface area contributed by atoms with Gasteiger partial charge in [0, 0.05) is 17.3 Å². The van der Waals surface area contributed by atoms with Crippen LogP contribution in [-0.4, -0.2) is 4.98 Å². The first-order valence-electron chi connectivity index (χ1n) is 3.63. The second kappa shape index (κ2) is 3.87. The van der Waals surface area contributed by atoms with Crippen molar-refractivity contribution in [2.75, 3.05) is 0 Å². The van der Waals surface area contributed by atoms with Crippen molar-refractivity contribution < 1.29 is 8.78 Å². The highest BCUT2D eigenvalue weighted by molar-refractivity contribution is 6.17. The molecule has 0 saturated heterocycles. The molecule has 1 heterocycles. The highest BCUT2D eigenvalue weighted by atomic mass is 35.5. The minimum atomic E-state index is -2.69. The second-order valence-electron chi connectivity index (χ2n) is 2.63. The number of aryl methyl sites for hydroxylation is 1. The summed E-state index contributed by atoms with van der Waals surface area (Å²) in [5.74, 6) is -0.198. The maximum atomic E-state index is 12.3. The zero-order valence-corrected chi connectivity index (χ0v) is 7.66. The maximum absolute atomic E-state index is 12.3. The fraction of sp³-hybridized carbons (Fsp3) is 0.375. The fourth-order valence-electron chi connectivity index (χ4n) is 1.03. The molecule has 0 saturated carbocycles. The van der Waals surface area contributed by atoms with E-state index < -0.39 is 11.9 Å². The van der Waals surface area contributed by atoms with Crippen LogP contribution in [-0.2, 0) is 5.88 Å². The van der Waals surface area contributed by atoms with Crippen LogP contribution < -0.4 is 5.43 Å². The summed E-state index contributed by atoms with van der Waals surface area (Å²) in [6.07, 6.45) is -1.43. The molecule has 0 aliphatic rings. The van der Waals surface area contributed by atoms with Crippen LogP contribution in [0.15, 0.2) is 11.0 Å². The lowest BCUT2D eigenvalue weighted by Crippen LogP contribution is -2.15. The quantitative estimate of drug-likeness (QED) is 0.742. The normalized spacial score (nSPS) is 10.8. The van der Waals surface area contributed by atoms with Crippen molar-refractivity contribution >= 4 is 11.6 Å². The van der Waals surface area contributed by atoms with Crippen LogP contribution >= 0.6 is 11.6 Å². The fourth-order valence-corrected chi connectivity index (χ4v) is 1.29. The van der Waals surface area contributed by atoms with Crippen molar-refractivity contribution in [3.63, 3.8) is 0 Å². The van der Waals surface area contributed by atoms with Gasteiger partial charge >= 0.3 is 0 Å². The van der Waals surface area contributed by atoms with E-state index in [2.05, 4.69) is 4.98 Å². The highest BCUT2D eigenvalue weighted by Gasteiger charge is 2.16. The lowest BCUT2D eigenvalue weighted by Gasteiger charge is -2.05. The van der Waals surface area contributed by atoms with Crippen LogP contribution in [0.3, 0.4) is 0 Å². The van der Waals surface area contributed by atoms with E-state index in [1.165, 1.54) is 6.20 Å². The van der Waals surface area contributed by atoms with E-state index in [9.17, 15) is 13.6 Å². The van der Waals surface area contributed by atoms with Gasteiger partial charge in [-0.05, 0) is 6.92 Å². The van der Waals surface area contributed by atoms with Gasteiger partial charge in [-0.2, -0.15) is 0 Å². The first-order valence-corrected chi connectivity index (χ1v) is 4.16. The number of hydrogen-bond donors (Lipinski definition) is 1. The first kappa shape index (κ1) is 10.2. The summed E-state index contributed by atoms with van der Waals surface area (Å²) in [4.78, 5) is 13.6. The predicted octanol–water partition coefficient (Wildman–Crippen LogP) is 2.36. The summed E-state index contributed by atoms with van der Waals surface area (Å²) >= 11 is 5.40. The van der Waals surface area contributed by atoms with Crippen LogP contribution in [0.1, 0.15) is 23.2 Å². The molecule has 2 nitrogen and oxygen atoms in total. The molecule has 1 rings (SSSR count). The number of H-pyrrole nitrogens is 1. The average Bonchev–Trinajstić information content (AvgIpc) is 2.09. The molecule has 0 aromatic carbocycles. The number of alkyl halides is 3. The summed E-state index contributed by atoms with van der Waals surface area (Å²) < 4.78 is 24.6. The number of aromatic nitrogens is 1. The number of halogens is 3. The van der Waals surface area contributed by atoms with Gasteiger partial charge in [0.25, 0.3) is 6.43 Å². The lowest BCUT2D eigenvalue weighted by molar-refractivity contribution is 0.145. The molecule has 13 heavy (non-hydrogen) atoms. The van der Waals surface area contributed by atoms with Gasteiger partial charge in [-0.3, -0.25) is 4.79 Å². The smallest absolute Gasteiger partial charge is 0.278 e. The molecule has 1 aromatic rings. The van der Waals surface area contributed by atoms with Crippen LogP contribution in [0.2, 0.25) is 0 Å². The van der Waals surface area contributed by atoms with Crippen molar-refractivity contribution in [3.05, 3.63) is 33.2 Å². The van der Waals surface area contributed by atoms with Gasteiger partial charge in [0.1, 0.15) is 0 Å². The monoisotopic (exact) mass is 207 g/mol. The Labute approximate surface area is 78.5 Å². The Morgan fingerprint density at radius 2 is 2.23 bits per heavy atom. The van der Waals surface area contributed by atoms with Crippen LogP contribution in [0.5, 0.6) is 0 Å². The van der Waals surface area contributed by atoms with Gasteiger partial charge in [-0.15, -0.1) is 11.6 Å². The lowest BCUT2D eigenvalue weighted by atomic mass is 10.1. The molecule has 72 valence electrons. The van der Waals surface area contributed by atoms with E-state index in [-0.39, 0.29) is 17.1 Å². The van der Waals surface area contributed by atoms with E-state index in [4.69, 9.17) is 11.6 Å². The zero-order chi connectivity index (χ0) is 10.0. The van der Waals surface area contributed by atoms with Crippen LogP contribution in [0.25, 0.3) is 0 Å². The first-order chi connectivity index (χ1) is 6.07. The molecule has 0 unspecified atom stereocenters. The molecule has 5 heteroatoms. The molecule has 0 spiro atoms. The Balaban J connectivity index is 3.39. The van der Waals surface area contributed by atoms with Crippen molar-refractivity contribution in [3.8, 4) is 0 Å². The maximum Gasteiger partial charge on any atom is 0.278 e. The van der Waals surface area contributed by atoms with E-state index in [1.807, 2.05) is 0 Å². The predicted molar refractivity (Wildman–Crippen MR) is 46.3 cm³/mol. The van der Waals surface area contributed by atoms with E-state index in [0.717, 1.165) is 0 Å². The van der Waals surface area contributed by atoms with Crippen LogP contribution in [0, 0.1) is 6.92 Å². The Hall–Kier alpha value is -0.900. The summed E-state index contributed by atoms with van der Waals surface area (Å²) in [5.41, 5.74) is -0.452. The van der Waals surface area contributed by atoms with Crippen molar-refractivity contribution in [1.82, 2.24) is 4.98 Å². The SMILES string of the molecule is Cc1c[nH]c(C(F)F)c(CCl)c1=O. The van der Waals surface area contributed by atoms with Gasteiger partial charge < -0.3 is 4.98 Å². The summed E-state index contributed by atoms with van der Waals surface area (Å²) in [5, 5.41) is 0. The van der Waals surface area contributed by atoms with Gasteiger partial charge in [-0.1, -0.05) is 0 Å². The Bertz CT molecular complexity index is 362.